The van der Waals surface area contributed by atoms with E-state index < -0.39 is 0 Å². The largest absolute Gasteiger partial charge is 0.398 e. The van der Waals surface area contributed by atoms with Crippen molar-refractivity contribution in [3.05, 3.63) is 90.0 Å². The number of nitrogens with two attached hydrogens (primary N) is 1. The van der Waals surface area contributed by atoms with E-state index in [-0.39, 0.29) is 24.3 Å². The van der Waals surface area contributed by atoms with Crippen LogP contribution in [-0.2, 0) is 9.47 Å². The number of methoxy groups -OCH3 is 1. The van der Waals surface area contributed by atoms with E-state index in [0.29, 0.717) is 11.3 Å². The van der Waals surface area contributed by atoms with Gasteiger partial charge in [-0.3, -0.25) is 9.69 Å². The molecular weight excluding hydrogens is 428 g/mol. The second-order valence-electron chi connectivity index (χ2n) is 8.67. The molecule has 3 unspecified atom stereocenters. The van der Waals surface area contributed by atoms with Gasteiger partial charge in [0, 0.05) is 50.4 Å². The number of nitrogen functional groups attached to an aromatic ring is 1. The van der Waals surface area contributed by atoms with Gasteiger partial charge in [0.2, 0.25) is 0 Å². The number of amides is 1. The van der Waals surface area contributed by atoms with E-state index in [0.717, 1.165) is 37.6 Å². The monoisotopic (exact) mass is 458 g/mol. The first-order chi connectivity index (χ1) is 16.6. The number of ether oxygens (including phenoxy) is 2. The van der Waals surface area contributed by atoms with Crippen molar-refractivity contribution in [3.63, 3.8) is 0 Å². The lowest BCUT2D eigenvalue weighted by molar-refractivity contribution is 0.0949. The van der Waals surface area contributed by atoms with Crippen LogP contribution < -0.4 is 16.0 Å². The van der Waals surface area contributed by atoms with Gasteiger partial charge in [-0.15, -0.1) is 0 Å². The highest BCUT2D eigenvalue weighted by Crippen LogP contribution is 2.39. The molecule has 0 aromatic heterocycles. The van der Waals surface area contributed by atoms with E-state index in [2.05, 4.69) is 51.5 Å². The predicted molar refractivity (Wildman–Crippen MR) is 134 cm³/mol. The summed E-state index contributed by atoms with van der Waals surface area (Å²) in [6, 6.07) is 25.8. The van der Waals surface area contributed by atoms with Crippen molar-refractivity contribution in [2.45, 2.75) is 18.4 Å². The minimum atomic E-state index is -0.205. The quantitative estimate of drug-likeness (QED) is 0.414. The predicted octanol–water partition coefficient (Wildman–Crippen LogP) is 3.76. The molecule has 0 spiro atoms. The van der Waals surface area contributed by atoms with Gasteiger partial charge in [-0.2, -0.15) is 0 Å². The van der Waals surface area contributed by atoms with E-state index in [9.17, 15) is 4.79 Å². The summed E-state index contributed by atoms with van der Waals surface area (Å²) in [6.45, 7) is 3.70. The Hall–Kier alpha value is -3.39. The minimum Gasteiger partial charge on any atom is -0.398 e. The maximum Gasteiger partial charge on any atom is 0.257 e. The smallest absolute Gasteiger partial charge is 0.257 e. The third kappa shape index (κ3) is 4.77. The van der Waals surface area contributed by atoms with Gasteiger partial charge < -0.3 is 25.4 Å². The molecule has 5 rings (SSSR count). The molecule has 2 heterocycles. The number of piperazine rings is 1. The number of epoxide rings is 1. The summed E-state index contributed by atoms with van der Waals surface area (Å²) < 4.78 is 11.2. The fourth-order valence-corrected chi connectivity index (χ4v) is 4.70. The zero-order chi connectivity index (χ0) is 23.5. The third-order valence-corrected chi connectivity index (χ3v) is 6.57. The van der Waals surface area contributed by atoms with Crippen molar-refractivity contribution in [2.75, 3.05) is 49.2 Å². The van der Waals surface area contributed by atoms with Gasteiger partial charge in [0.15, 0.2) is 6.29 Å². The molecule has 0 bridgehead atoms. The molecular formula is C27H30N4O3. The van der Waals surface area contributed by atoms with Crippen LogP contribution in [0, 0.1) is 0 Å². The molecule has 2 aliphatic rings. The highest BCUT2D eigenvalue weighted by Gasteiger charge is 2.48. The summed E-state index contributed by atoms with van der Waals surface area (Å²) >= 11 is 0. The number of carbonyl (C=O) groups excluding carboxylic acids is 1. The van der Waals surface area contributed by atoms with Gasteiger partial charge in [0.1, 0.15) is 6.10 Å². The number of para-hydroxylation sites is 1. The lowest BCUT2D eigenvalue weighted by Gasteiger charge is -2.40. The van der Waals surface area contributed by atoms with Crippen LogP contribution in [0.2, 0.25) is 0 Å². The van der Waals surface area contributed by atoms with Crippen molar-refractivity contribution in [1.82, 2.24) is 4.90 Å². The van der Waals surface area contributed by atoms with Crippen LogP contribution in [0.4, 0.5) is 17.1 Å². The van der Waals surface area contributed by atoms with E-state index >= 15 is 0 Å². The molecule has 1 amide bonds. The van der Waals surface area contributed by atoms with Gasteiger partial charge in [0.05, 0.1) is 11.6 Å². The summed E-state index contributed by atoms with van der Waals surface area (Å²) in [4.78, 5) is 17.4. The van der Waals surface area contributed by atoms with Gasteiger partial charge >= 0.3 is 0 Å². The van der Waals surface area contributed by atoms with Crippen LogP contribution in [-0.4, -0.2) is 56.5 Å². The average molecular weight is 459 g/mol. The topological polar surface area (TPSA) is 83.4 Å². The van der Waals surface area contributed by atoms with Crippen molar-refractivity contribution in [1.29, 1.82) is 0 Å². The highest BCUT2D eigenvalue weighted by atomic mass is 16.8. The number of rotatable bonds is 7. The molecule has 0 saturated carbocycles. The summed E-state index contributed by atoms with van der Waals surface area (Å²) in [5.74, 6) is -0.205. The van der Waals surface area contributed by atoms with E-state index in [1.54, 1.807) is 25.3 Å². The van der Waals surface area contributed by atoms with Gasteiger partial charge in [0.25, 0.3) is 5.91 Å². The first-order valence-electron chi connectivity index (χ1n) is 11.6. The van der Waals surface area contributed by atoms with Gasteiger partial charge in [-0.25, -0.2) is 0 Å². The second kappa shape index (κ2) is 9.85. The molecule has 3 atom stereocenters. The van der Waals surface area contributed by atoms with Gasteiger partial charge in [-0.05, 0) is 42.0 Å². The molecule has 2 fully saturated rings. The first-order valence-corrected chi connectivity index (χ1v) is 11.6. The molecule has 7 heteroatoms. The second-order valence-corrected chi connectivity index (χ2v) is 8.67. The van der Waals surface area contributed by atoms with Crippen molar-refractivity contribution in [3.8, 4) is 0 Å². The summed E-state index contributed by atoms with van der Waals surface area (Å²) in [5, 5.41) is 2.93. The SMILES string of the molecule is COC1OC1C(c1ccccc1)N1CCN(c2ccc(NC(=O)c3ccccc3N)cc2)CC1. The zero-order valence-corrected chi connectivity index (χ0v) is 19.3. The number of hydrogen-bond acceptors (Lipinski definition) is 6. The molecule has 2 saturated heterocycles. The standard InChI is InChI=1S/C27H30N4O3/c1-33-27-25(34-27)24(19-7-3-2-4-8-19)31-17-15-30(16-18-31)21-13-11-20(12-14-21)29-26(32)22-9-5-6-10-23(22)28/h2-14,24-25,27H,15-18,28H2,1H3,(H,29,32). The molecule has 3 aromatic rings. The lowest BCUT2D eigenvalue weighted by atomic mass is 10.0. The number of hydrogen-bond donors (Lipinski definition) is 2. The van der Waals surface area contributed by atoms with Crippen LogP contribution in [0.1, 0.15) is 22.0 Å². The fraction of sp³-hybridized carbons (Fsp3) is 0.296. The lowest BCUT2D eigenvalue weighted by Crippen LogP contribution is -2.49. The normalized spacial score (nSPS) is 21.1. The fourth-order valence-electron chi connectivity index (χ4n) is 4.70. The van der Waals surface area contributed by atoms with Gasteiger partial charge in [-0.1, -0.05) is 42.5 Å². The highest BCUT2D eigenvalue weighted by molar-refractivity contribution is 6.07. The maximum absolute atomic E-state index is 12.5. The summed E-state index contributed by atoms with van der Waals surface area (Å²) in [5.41, 5.74) is 10.0. The third-order valence-electron chi connectivity index (χ3n) is 6.57. The zero-order valence-electron chi connectivity index (χ0n) is 19.3. The Kier molecular flexibility index (Phi) is 6.49. The Labute approximate surface area is 200 Å². The Balaban J connectivity index is 1.21. The van der Waals surface area contributed by atoms with Crippen LogP contribution in [0.5, 0.6) is 0 Å². The van der Waals surface area contributed by atoms with Crippen LogP contribution in [0.25, 0.3) is 0 Å². The molecule has 34 heavy (non-hydrogen) atoms. The Morgan fingerprint density at radius 1 is 0.971 bits per heavy atom. The van der Waals surface area contributed by atoms with Crippen LogP contribution >= 0.6 is 0 Å². The number of nitrogens with one attached hydrogen (secondary N) is 1. The molecule has 3 aromatic carbocycles. The summed E-state index contributed by atoms with van der Waals surface area (Å²) in [7, 11) is 1.70. The molecule has 176 valence electrons. The molecule has 0 radical (unpaired) electrons. The molecule has 0 aliphatic carbocycles. The van der Waals surface area contributed by atoms with Crippen LogP contribution in [0.15, 0.2) is 78.9 Å². The summed E-state index contributed by atoms with van der Waals surface area (Å²) in [6.07, 6.45) is -0.0577. The molecule has 7 nitrogen and oxygen atoms in total. The average Bonchev–Trinajstić information content (AvgIpc) is 3.65. The maximum atomic E-state index is 12.5. The van der Waals surface area contributed by atoms with E-state index in [1.807, 2.05) is 24.3 Å². The number of nitrogens with zero attached hydrogens (tertiary/aromatic N) is 2. The Bertz CT molecular complexity index is 1110. The Morgan fingerprint density at radius 2 is 1.65 bits per heavy atom. The van der Waals surface area contributed by atoms with E-state index in [4.69, 9.17) is 15.2 Å². The van der Waals surface area contributed by atoms with Crippen molar-refractivity contribution >= 4 is 23.0 Å². The number of anilines is 3. The first kappa shape index (κ1) is 22.4. The number of carbonyl (C=O) groups is 1. The van der Waals surface area contributed by atoms with Crippen molar-refractivity contribution < 1.29 is 14.3 Å². The Morgan fingerprint density at radius 3 is 2.29 bits per heavy atom. The van der Waals surface area contributed by atoms with Crippen LogP contribution in [0.3, 0.4) is 0 Å². The minimum absolute atomic E-state index is 0.0699. The molecule has 3 N–H and O–H groups in total. The van der Waals surface area contributed by atoms with E-state index in [1.165, 1.54) is 5.56 Å². The van der Waals surface area contributed by atoms with Crippen molar-refractivity contribution in [2.24, 2.45) is 0 Å². The number of benzene rings is 3. The molecule has 2 aliphatic heterocycles.